The highest BCUT2D eigenvalue weighted by atomic mass is 16.2. The standard InChI is InChI=1S/C36H48N4O/c1-3-21-40(36(41)37-26-29-13-7-4-8-14-29)33-19-22-39(23-20-33)28-32-24-34(25-35(32)31-17-11-6-12-18-31)38(2)27-30-15-9-5-10-16-30/h4-18,32-35H,3,19-28H2,1-2H3,(H,37,41). The van der Waals surface area contributed by atoms with Crippen molar-refractivity contribution in [2.24, 2.45) is 5.92 Å². The molecule has 0 bridgehead atoms. The van der Waals surface area contributed by atoms with Gasteiger partial charge in [0.05, 0.1) is 0 Å². The van der Waals surface area contributed by atoms with Gasteiger partial charge in [0.1, 0.15) is 0 Å². The van der Waals surface area contributed by atoms with Crippen LogP contribution in [-0.4, -0.2) is 66.0 Å². The second kappa shape index (κ2) is 14.7. The summed E-state index contributed by atoms with van der Waals surface area (Å²) in [5, 5.41) is 3.18. The number of carbonyl (C=O) groups excluding carboxylic acids is 1. The largest absolute Gasteiger partial charge is 0.334 e. The molecular weight excluding hydrogens is 504 g/mol. The van der Waals surface area contributed by atoms with Gasteiger partial charge >= 0.3 is 6.03 Å². The molecule has 1 N–H and O–H groups in total. The van der Waals surface area contributed by atoms with Crippen molar-refractivity contribution in [3.05, 3.63) is 108 Å². The molecule has 3 aromatic carbocycles. The Morgan fingerprint density at radius 2 is 1.44 bits per heavy atom. The summed E-state index contributed by atoms with van der Waals surface area (Å²) < 4.78 is 0. The van der Waals surface area contributed by atoms with Crippen molar-refractivity contribution in [1.29, 1.82) is 0 Å². The minimum Gasteiger partial charge on any atom is -0.334 e. The van der Waals surface area contributed by atoms with E-state index in [0.717, 1.165) is 57.5 Å². The maximum atomic E-state index is 13.2. The number of urea groups is 1. The smallest absolute Gasteiger partial charge is 0.317 e. The first-order chi connectivity index (χ1) is 20.1. The Hall–Kier alpha value is -3.15. The summed E-state index contributed by atoms with van der Waals surface area (Å²) in [6, 6.07) is 33.3. The minimum absolute atomic E-state index is 0.0818. The Labute approximate surface area is 247 Å². The zero-order valence-electron chi connectivity index (χ0n) is 25.0. The highest BCUT2D eigenvalue weighted by Crippen LogP contribution is 2.42. The number of hydrogen-bond donors (Lipinski definition) is 1. The predicted octanol–water partition coefficient (Wildman–Crippen LogP) is 6.77. The van der Waals surface area contributed by atoms with Crippen LogP contribution in [0.25, 0.3) is 0 Å². The molecule has 1 heterocycles. The summed E-state index contributed by atoms with van der Waals surface area (Å²) in [6.45, 7) is 7.86. The van der Waals surface area contributed by atoms with E-state index in [1.54, 1.807) is 0 Å². The summed E-state index contributed by atoms with van der Waals surface area (Å²) in [4.78, 5) is 20.6. The van der Waals surface area contributed by atoms with Crippen LogP contribution in [0.3, 0.4) is 0 Å². The van der Waals surface area contributed by atoms with Gasteiger partial charge in [0.15, 0.2) is 0 Å². The maximum Gasteiger partial charge on any atom is 0.317 e. The highest BCUT2D eigenvalue weighted by Gasteiger charge is 2.38. The normalized spacial score (nSPS) is 21.7. The van der Waals surface area contributed by atoms with Crippen LogP contribution < -0.4 is 5.32 Å². The maximum absolute atomic E-state index is 13.2. The Bertz CT molecular complexity index is 1180. The molecule has 5 heteroatoms. The third-order valence-electron chi connectivity index (χ3n) is 9.30. The van der Waals surface area contributed by atoms with E-state index in [4.69, 9.17) is 0 Å². The van der Waals surface area contributed by atoms with Gasteiger partial charge in [-0.2, -0.15) is 0 Å². The molecule has 3 unspecified atom stereocenters. The lowest BCUT2D eigenvalue weighted by atomic mass is 9.88. The van der Waals surface area contributed by atoms with E-state index < -0.39 is 0 Å². The fourth-order valence-corrected chi connectivity index (χ4v) is 7.08. The molecule has 5 rings (SSSR count). The van der Waals surface area contributed by atoms with Crippen molar-refractivity contribution in [2.45, 2.75) is 70.1 Å². The summed E-state index contributed by atoms with van der Waals surface area (Å²) in [7, 11) is 2.30. The van der Waals surface area contributed by atoms with Crippen molar-refractivity contribution in [3.8, 4) is 0 Å². The van der Waals surface area contributed by atoms with Crippen molar-refractivity contribution in [2.75, 3.05) is 33.2 Å². The number of rotatable bonds is 11. The summed E-state index contributed by atoms with van der Waals surface area (Å²) in [5.41, 5.74) is 4.03. The molecule has 2 amide bonds. The summed E-state index contributed by atoms with van der Waals surface area (Å²) in [6.07, 6.45) is 5.56. The predicted molar refractivity (Wildman–Crippen MR) is 169 cm³/mol. The van der Waals surface area contributed by atoms with Crippen LogP contribution in [0.5, 0.6) is 0 Å². The van der Waals surface area contributed by atoms with Gasteiger partial charge < -0.3 is 15.1 Å². The van der Waals surface area contributed by atoms with E-state index in [2.05, 4.69) is 107 Å². The molecule has 3 atom stereocenters. The van der Waals surface area contributed by atoms with Gasteiger partial charge in [-0.3, -0.25) is 4.90 Å². The third-order valence-corrected chi connectivity index (χ3v) is 9.30. The quantitative estimate of drug-likeness (QED) is 0.285. The van der Waals surface area contributed by atoms with Gasteiger partial charge in [-0.15, -0.1) is 0 Å². The molecular formula is C36H48N4O. The van der Waals surface area contributed by atoms with E-state index in [1.165, 1.54) is 24.0 Å². The molecule has 1 saturated carbocycles. The van der Waals surface area contributed by atoms with Crippen molar-refractivity contribution in [1.82, 2.24) is 20.0 Å². The van der Waals surface area contributed by atoms with Crippen LogP contribution in [0.1, 0.15) is 61.6 Å². The fourth-order valence-electron chi connectivity index (χ4n) is 7.08. The summed E-state index contributed by atoms with van der Waals surface area (Å²) in [5.74, 6) is 1.25. The van der Waals surface area contributed by atoms with Crippen molar-refractivity contribution in [3.63, 3.8) is 0 Å². The second-order valence-electron chi connectivity index (χ2n) is 12.2. The van der Waals surface area contributed by atoms with E-state index in [0.29, 0.717) is 30.5 Å². The molecule has 41 heavy (non-hydrogen) atoms. The monoisotopic (exact) mass is 552 g/mol. The molecule has 2 fully saturated rings. The molecule has 0 aromatic heterocycles. The second-order valence-corrected chi connectivity index (χ2v) is 12.2. The van der Waals surface area contributed by atoms with Crippen molar-refractivity contribution < 1.29 is 4.79 Å². The zero-order chi connectivity index (χ0) is 28.4. The van der Waals surface area contributed by atoms with Gasteiger partial charge in [-0.25, -0.2) is 4.79 Å². The van der Waals surface area contributed by atoms with E-state index in [-0.39, 0.29) is 6.03 Å². The molecule has 0 spiro atoms. The van der Waals surface area contributed by atoms with Crippen LogP contribution in [0.4, 0.5) is 4.79 Å². The lowest BCUT2D eigenvalue weighted by Gasteiger charge is -2.39. The highest BCUT2D eigenvalue weighted by molar-refractivity contribution is 5.74. The average molecular weight is 553 g/mol. The van der Waals surface area contributed by atoms with Gasteiger partial charge in [0.2, 0.25) is 0 Å². The first kappa shape index (κ1) is 29.3. The van der Waals surface area contributed by atoms with Crippen LogP contribution in [0, 0.1) is 5.92 Å². The Kier molecular flexibility index (Phi) is 10.5. The van der Waals surface area contributed by atoms with Gasteiger partial charge in [-0.1, -0.05) is 97.9 Å². The van der Waals surface area contributed by atoms with Crippen LogP contribution >= 0.6 is 0 Å². The number of nitrogens with one attached hydrogen (secondary N) is 1. The Morgan fingerprint density at radius 3 is 2.07 bits per heavy atom. The molecule has 218 valence electrons. The average Bonchev–Trinajstić information content (AvgIpc) is 3.44. The number of piperidine rings is 1. The topological polar surface area (TPSA) is 38.8 Å². The summed E-state index contributed by atoms with van der Waals surface area (Å²) >= 11 is 0. The molecule has 1 saturated heterocycles. The third kappa shape index (κ3) is 7.99. The first-order valence-electron chi connectivity index (χ1n) is 15.7. The van der Waals surface area contributed by atoms with Crippen LogP contribution in [0.2, 0.25) is 0 Å². The Balaban J connectivity index is 1.17. The van der Waals surface area contributed by atoms with Crippen LogP contribution in [0.15, 0.2) is 91.0 Å². The van der Waals surface area contributed by atoms with E-state index in [1.807, 2.05) is 18.2 Å². The lowest BCUT2D eigenvalue weighted by molar-refractivity contribution is 0.108. The Morgan fingerprint density at radius 1 is 0.829 bits per heavy atom. The molecule has 5 nitrogen and oxygen atoms in total. The van der Waals surface area contributed by atoms with Gasteiger partial charge in [0.25, 0.3) is 0 Å². The molecule has 1 aliphatic heterocycles. The number of benzene rings is 3. The number of carbonyl (C=O) groups is 1. The molecule has 0 radical (unpaired) electrons. The molecule has 3 aromatic rings. The number of hydrogen-bond acceptors (Lipinski definition) is 3. The lowest BCUT2D eigenvalue weighted by Crippen LogP contribution is -2.51. The molecule has 2 aliphatic rings. The van der Waals surface area contributed by atoms with Crippen molar-refractivity contribution >= 4 is 6.03 Å². The van der Waals surface area contributed by atoms with Crippen LogP contribution in [-0.2, 0) is 13.1 Å². The SMILES string of the molecule is CCCN(C(=O)NCc1ccccc1)C1CCN(CC2CC(N(C)Cc3ccccc3)CC2c2ccccc2)CC1. The number of amides is 2. The number of nitrogens with zero attached hydrogens (tertiary/aromatic N) is 3. The zero-order valence-corrected chi connectivity index (χ0v) is 25.0. The van der Waals surface area contributed by atoms with E-state index in [9.17, 15) is 4.79 Å². The fraction of sp³-hybridized carbons (Fsp3) is 0.472. The minimum atomic E-state index is 0.0818. The first-order valence-corrected chi connectivity index (χ1v) is 15.7. The molecule has 1 aliphatic carbocycles. The van der Waals surface area contributed by atoms with E-state index >= 15 is 0 Å². The number of likely N-dealkylation sites (tertiary alicyclic amines) is 1. The van der Waals surface area contributed by atoms with Gasteiger partial charge in [-0.05, 0) is 67.7 Å². The van der Waals surface area contributed by atoms with Gasteiger partial charge in [0, 0.05) is 51.4 Å².